The van der Waals surface area contributed by atoms with E-state index in [2.05, 4.69) is 10.1 Å². The largest absolute Gasteiger partial charge is 0.384 e. The van der Waals surface area contributed by atoms with Crippen molar-refractivity contribution in [2.45, 2.75) is 13.0 Å². The molecule has 0 bridgehead atoms. The fraction of sp³-hybridized carbons (Fsp3) is 0.200. The van der Waals surface area contributed by atoms with E-state index in [1.807, 2.05) is 0 Å². The fourth-order valence-electron chi connectivity index (χ4n) is 1.19. The monoisotopic (exact) mass is 242 g/mol. The van der Waals surface area contributed by atoms with Crippen molar-refractivity contribution in [1.29, 1.82) is 0 Å². The van der Waals surface area contributed by atoms with Crippen LogP contribution >= 0.6 is 11.6 Å². The van der Waals surface area contributed by atoms with Gasteiger partial charge in [-0.05, 0) is 25.1 Å². The maximum Gasteiger partial charge on any atom is 0.255 e. The second-order valence-electron chi connectivity index (χ2n) is 3.26. The molecule has 1 N–H and O–H groups in total. The van der Waals surface area contributed by atoms with Crippen molar-refractivity contribution in [2.24, 2.45) is 0 Å². The first-order valence-corrected chi connectivity index (χ1v) is 4.93. The van der Waals surface area contributed by atoms with Gasteiger partial charge in [-0.15, -0.1) is 0 Å². The van der Waals surface area contributed by atoms with E-state index in [-0.39, 0.29) is 16.7 Å². The van der Waals surface area contributed by atoms with Crippen LogP contribution in [0.3, 0.4) is 0 Å². The van der Waals surface area contributed by atoms with E-state index in [1.165, 1.54) is 19.1 Å². The van der Waals surface area contributed by atoms with Crippen LogP contribution in [0.1, 0.15) is 18.9 Å². The highest BCUT2D eigenvalue weighted by molar-refractivity contribution is 6.33. The van der Waals surface area contributed by atoms with Gasteiger partial charge in [-0.3, -0.25) is 0 Å². The minimum absolute atomic E-state index is 0.0930. The predicted octanol–water partition coefficient (Wildman–Crippen LogP) is 2.58. The Bertz CT molecular complexity index is 513. The number of aromatic nitrogens is 2. The number of halogens is 2. The highest BCUT2D eigenvalue weighted by Gasteiger charge is 2.14. The molecule has 0 spiro atoms. The van der Waals surface area contributed by atoms with Crippen LogP contribution in [-0.4, -0.2) is 15.2 Å². The summed E-state index contributed by atoms with van der Waals surface area (Å²) in [6, 6.07) is 3.86. The molecule has 0 aliphatic carbocycles. The summed E-state index contributed by atoms with van der Waals surface area (Å²) in [5.41, 5.74) is 0.457. The average molecular weight is 243 g/mol. The fourth-order valence-corrected chi connectivity index (χ4v) is 1.44. The molecule has 0 saturated heterocycles. The average Bonchev–Trinajstić information content (AvgIpc) is 2.66. The Hall–Kier alpha value is -1.46. The van der Waals surface area contributed by atoms with E-state index in [9.17, 15) is 9.50 Å². The second-order valence-corrected chi connectivity index (χ2v) is 3.66. The summed E-state index contributed by atoms with van der Waals surface area (Å²) in [4.78, 5) is 3.94. The molecule has 2 rings (SSSR count). The standard InChI is InChI=1S/C10H8ClFN2O2/c1-5(15)10-13-9(14-16-10)7-3-2-6(12)4-8(7)11/h2-5,15H,1H3/t5-/m0/s1. The van der Waals surface area contributed by atoms with Gasteiger partial charge in [0.05, 0.1) is 5.02 Å². The Morgan fingerprint density at radius 1 is 1.50 bits per heavy atom. The second kappa shape index (κ2) is 4.19. The summed E-state index contributed by atoms with van der Waals surface area (Å²) in [7, 11) is 0. The molecule has 4 nitrogen and oxygen atoms in total. The molecule has 0 aliphatic rings. The summed E-state index contributed by atoms with van der Waals surface area (Å²) in [5, 5.41) is 13.0. The van der Waals surface area contributed by atoms with Gasteiger partial charge in [-0.25, -0.2) is 4.39 Å². The van der Waals surface area contributed by atoms with Crippen molar-refractivity contribution >= 4 is 11.6 Å². The number of aliphatic hydroxyl groups excluding tert-OH is 1. The number of hydrogen-bond donors (Lipinski definition) is 1. The van der Waals surface area contributed by atoms with E-state index in [4.69, 9.17) is 16.1 Å². The van der Waals surface area contributed by atoms with Crippen molar-refractivity contribution < 1.29 is 14.0 Å². The smallest absolute Gasteiger partial charge is 0.255 e. The van der Waals surface area contributed by atoms with Crippen LogP contribution in [0.5, 0.6) is 0 Å². The maximum atomic E-state index is 12.8. The van der Waals surface area contributed by atoms with Gasteiger partial charge in [0.15, 0.2) is 0 Å². The summed E-state index contributed by atoms with van der Waals surface area (Å²) in [6.45, 7) is 1.50. The maximum absolute atomic E-state index is 12.8. The van der Waals surface area contributed by atoms with Gasteiger partial charge in [-0.2, -0.15) is 4.98 Å². The van der Waals surface area contributed by atoms with Crippen molar-refractivity contribution in [2.75, 3.05) is 0 Å². The first-order valence-electron chi connectivity index (χ1n) is 4.55. The summed E-state index contributed by atoms with van der Waals surface area (Å²) >= 11 is 5.83. The van der Waals surface area contributed by atoms with E-state index >= 15 is 0 Å². The third kappa shape index (κ3) is 2.05. The lowest BCUT2D eigenvalue weighted by atomic mass is 10.2. The molecule has 1 aromatic heterocycles. The van der Waals surface area contributed by atoms with Crippen LogP contribution in [-0.2, 0) is 0 Å². The topological polar surface area (TPSA) is 59.2 Å². The van der Waals surface area contributed by atoms with Crippen LogP contribution < -0.4 is 0 Å². The van der Waals surface area contributed by atoms with Gasteiger partial charge in [-0.1, -0.05) is 16.8 Å². The molecule has 1 aromatic carbocycles. The van der Waals surface area contributed by atoms with Crippen LogP contribution in [0.4, 0.5) is 4.39 Å². The quantitative estimate of drug-likeness (QED) is 0.879. The lowest BCUT2D eigenvalue weighted by Crippen LogP contribution is -1.90. The minimum atomic E-state index is -0.847. The predicted molar refractivity (Wildman–Crippen MR) is 55.3 cm³/mol. The molecule has 1 atom stereocenters. The highest BCUT2D eigenvalue weighted by Crippen LogP contribution is 2.26. The van der Waals surface area contributed by atoms with Gasteiger partial charge in [0.2, 0.25) is 5.82 Å². The summed E-state index contributed by atoms with van der Waals surface area (Å²) < 4.78 is 17.6. The Labute approximate surface area is 95.7 Å². The van der Waals surface area contributed by atoms with Crippen LogP contribution in [0.25, 0.3) is 11.4 Å². The van der Waals surface area contributed by atoms with Crippen molar-refractivity contribution in [3.63, 3.8) is 0 Å². The molecule has 2 aromatic rings. The highest BCUT2D eigenvalue weighted by atomic mass is 35.5. The normalized spacial score (nSPS) is 12.8. The molecule has 0 saturated carbocycles. The SMILES string of the molecule is C[C@H](O)c1nc(-c2ccc(F)cc2Cl)no1. The molecule has 0 radical (unpaired) electrons. The first kappa shape index (κ1) is 11.0. The number of nitrogens with zero attached hydrogens (tertiary/aromatic N) is 2. The summed E-state index contributed by atoms with van der Waals surface area (Å²) in [5.74, 6) is -0.121. The van der Waals surface area contributed by atoms with Crippen molar-refractivity contribution in [1.82, 2.24) is 10.1 Å². The van der Waals surface area contributed by atoms with E-state index < -0.39 is 11.9 Å². The number of benzene rings is 1. The minimum Gasteiger partial charge on any atom is -0.384 e. The van der Waals surface area contributed by atoms with Crippen molar-refractivity contribution in [3.8, 4) is 11.4 Å². The van der Waals surface area contributed by atoms with Gasteiger partial charge in [0.25, 0.3) is 5.89 Å². The number of rotatable bonds is 2. The van der Waals surface area contributed by atoms with E-state index in [0.717, 1.165) is 6.07 Å². The van der Waals surface area contributed by atoms with Gasteiger partial charge < -0.3 is 9.63 Å². The third-order valence-corrected chi connectivity index (χ3v) is 2.28. The Balaban J connectivity index is 2.42. The van der Waals surface area contributed by atoms with Gasteiger partial charge >= 0.3 is 0 Å². The molecule has 6 heteroatoms. The molecule has 0 fully saturated rings. The Morgan fingerprint density at radius 3 is 2.81 bits per heavy atom. The molecule has 0 amide bonds. The molecule has 0 unspecified atom stereocenters. The zero-order chi connectivity index (χ0) is 11.7. The Morgan fingerprint density at radius 2 is 2.25 bits per heavy atom. The molecule has 1 heterocycles. The lowest BCUT2D eigenvalue weighted by molar-refractivity contribution is 0.152. The first-order chi connectivity index (χ1) is 7.58. The molecular weight excluding hydrogens is 235 g/mol. The summed E-state index contributed by atoms with van der Waals surface area (Å²) in [6.07, 6.45) is -0.847. The van der Waals surface area contributed by atoms with E-state index in [1.54, 1.807) is 0 Å². The third-order valence-electron chi connectivity index (χ3n) is 1.97. The number of hydrogen-bond acceptors (Lipinski definition) is 4. The molecule has 16 heavy (non-hydrogen) atoms. The molecular formula is C10H8ClFN2O2. The van der Waals surface area contributed by atoms with Crippen molar-refractivity contribution in [3.05, 3.63) is 34.9 Å². The number of aliphatic hydroxyl groups is 1. The molecule has 0 aliphatic heterocycles. The molecule has 84 valence electrons. The zero-order valence-electron chi connectivity index (χ0n) is 8.32. The lowest BCUT2D eigenvalue weighted by Gasteiger charge is -1.97. The van der Waals surface area contributed by atoms with Gasteiger partial charge in [0.1, 0.15) is 11.9 Å². The van der Waals surface area contributed by atoms with E-state index in [0.29, 0.717) is 5.56 Å². The van der Waals surface area contributed by atoms with Crippen LogP contribution in [0.15, 0.2) is 22.7 Å². The Kier molecular flexibility index (Phi) is 2.89. The zero-order valence-corrected chi connectivity index (χ0v) is 9.07. The van der Waals surface area contributed by atoms with Gasteiger partial charge in [0, 0.05) is 5.56 Å². The van der Waals surface area contributed by atoms with Crippen LogP contribution in [0.2, 0.25) is 5.02 Å². The van der Waals surface area contributed by atoms with Crippen LogP contribution in [0, 0.1) is 5.82 Å².